The number of thiocarbonyl (C=S) groups is 1. The van der Waals surface area contributed by atoms with Crippen LogP contribution in [-0.2, 0) is 0 Å². The van der Waals surface area contributed by atoms with E-state index in [0.717, 1.165) is 50.6 Å². The molecule has 0 amide bonds. The maximum Gasteiger partial charge on any atom is 0.170 e. The molecule has 4 nitrogen and oxygen atoms in total. The normalized spacial score (nSPS) is 15.6. The number of hydrogen-bond donors (Lipinski definition) is 2. The molecule has 1 aromatic rings. The summed E-state index contributed by atoms with van der Waals surface area (Å²) in [6.45, 7) is 5.24. The van der Waals surface area contributed by atoms with E-state index in [-0.39, 0.29) is 0 Å². The smallest absolute Gasteiger partial charge is 0.170 e. The number of nitrogens with zero attached hydrogens (tertiary/aromatic N) is 2. The van der Waals surface area contributed by atoms with Crippen LogP contribution in [-0.4, -0.2) is 61.8 Å². The van der Waals surface area contributed by atoms with E-state index in [4.69, 9.17) is 12.2 Å². The molecule has 0 aliphatic carbocycles. The third-order valence-electron chi connectivity index (χ3n) is 3.81. The first-order valence-corrected chi connectivity index (χ1v) is 9.57. The maximum absolute atomic E-state index is 5.41. The van der Waals surface area contributed by atoms with Crippen LogP contribution in [0.1, 0.15) is 6.42 Å². The van der Waals surface area contributed by atoms with Crippen molar-refractivity contribution in [3.63, 3.8) is 0 Å². The number of nitrogens with one attached hydrogen (secondary N) is 2. The maximum atomic E-state index is 5.41. The van der Waals surface area contributed by atoms with E-state index in [2.05, 4.69) is 58.0 Å². The van der Waals surface area contributed by atoms with Crippen molar-refractivity contribution in [1.82, 2.24) is 10.2 Å². The molecule has 0 unspecified atom stereocenters. The first-order chi connectivity index (χ1) is 10.7. The number of benzene rings is 1. The highest BCUT2D eigenvalue weighted by atomic mass is 32.2. The van der Waals surface area contributed by atoms with Gasteiger partial charge in [0.15, 0.2) is 5.11 Å². The lowest BCUT2D eigenvalue weighted by atomic mass is 10.2. The lowest BCUT2D eigenvalue weighted by molar-refractivity contribution is 0.313. The van der Waals surface area contributed by atoms with Gasteiger partial charge in [0, 0.05) is 32.7 Å². The largest absolute Gasteiger partial charge is 0.367 e. The van der Waals surface area contributed by atoms with Gasteiger partial charge in [-0.25, -0.2) is 0 Å². The molecule has 1 aliphatic rings. The average Bonchev–Trinajstić information content (AvgIpc) is 2.53. The summed E-state index contributed by atoms with van der Waals surface area (Å²) in [5, 5.41) is 7.35. The third kappa shape index (κ3) is 5.34. The number of rotatable bonds is 6. The first kappa shape index (κ1) is 17.4. The Hall–Kier alpha value is -0.980. The molecule has 1 saturated heterocycles. The molecule has 1 aliphatic heterocycles. The van der Waals surface area contributed by atoms with Gasteiger partial charge >= 0.3 is 0 Å². The Labute approximate surface area is 143 Å². The van der Waals surface area contributed by atoms with Gasteiger partial charge in [-0.3, -0.25) is 0 Å². The molecule has 1 fully saturated rings. The summed E-state index contributed by atoms with van der Waals surface area (Å²) in [5.74, 6) is 1.16. The van der Waals surface area contributed by atoms with Gasteiger partial charge in [0.1, 0.15) is 0 Å². The molecule has 22 heavy (non-hydrogen) atoms. The van der Waals surface area contributed by atoms with Crippen LogP contribution in [0.3, 0.4) is 0 Å². The zero-order chi connectivity index (χ0) is 15.8. The zero-order valence-corrected chi connectivity index (χ0v) is 15.1. The lowest BCUT2D eigenvalue weighted by Gasteiger charge is -2.35. The Bertz CT molecular complexity index is 473. The van der Waals surface area contributed by atoms with E-state index in [1.807, 2.05) is 11.8 Å². The predicted octanol–water partition coefficient (Wildman–Crippen LogP) is 2.48. The number of para-hydroxylation sites is 2. The summed E-state index contributed by atoms with van der Waals surface area (Å²) in [5.41, 5.74) is 2.33. The summed E-state index contributed by atoms with van der Waals surface area (Å²) in [7, 11) is 2.18. The molecule has 1 aromatic carbocycles. The minimum absolute atomic E-state index is 0.711. The number of anilines is 2. The Morgan fingerprint density at radius 2 is 1.95 bits per heavy atom. The lowest BCUT2D eigenvalue weighted by Crippen LogP contribution is -2.44. The third-order valence-corrected chi connectivity index (χ3v) is 4.75. The Morgan fingerprint density at radius 3 is 2.68 bits per heavy atom. The minimum Gasteiger partial charge on any atom is -0.367 e. The van der Waals surface area contributed by atoms with Crippen LogP contribution in [0.2, 0.25) is 0 Å². The summed E-state index contributed by atoms with van der Waals surface area (Å²) in [6, 6.07) is 8.42. The quantitative estimate of drug-likeness (QED) is 0.612. The molecule has 2 N–H and O–H groups in total. The van der Waals surface area contributed by atoms with Gasteiger partial charge in [0.2, 0.25) is 0 Å². The Balaban J connectivity index is 1.92. The highest BCUT2D eigenvalue weighted by Gasteiger charge is 2.16. The molecule has 0 spiro atoms. The Kier molecular flexibility index (Phi) is 7.29. The van der Waals surface area contributed by atoms with Gasteiger partial charge in [-0.2, -0.15) is 11.8 Å². The first-order valence-electron chi connectivity index (χ1n) is 7.77. The molecule has 6 heteroatoms. The van der Waals surface area contributed by atoms with Crippen molar-refractivity contribution in [3.05, 3.63) is 24.3 Å². The molecular formula is C16H26N4S2. The molecule has 0 bridgehead atoms. The molecule has 122 valence electrons. The SMILES string of the molecule is CSCCCNC(=S)Nc1ccccc1N1CCN(C)CC1. The van der Waals surface area contributed by atoms with Gasteiger partial charge in [-0.1, -0.05) is 12.1 Å². The van der Waals surface area contributed by atoms with Gasteiger partial charge in [0.05, 0.1) is 11.4 Å². The van der Waals surface area contributed by atoms with Crippen molar-refractivity contribution in [1.29, 1.82) is 0 Å². The highest BCUT2D eigenvalue weighted by Crippen LogP contribution is 2.26. The summed E-state index contributed by atoms with van der Waals surface area (Å²) < 4.78 is 0. The van der Waals surface area contributed by atoms with Crippen molar-refractivity contribution >= 4 is 40.5 Å². The minimum atomic E-state index is 0.711. The molecule has 0 aromatic heterocycles. The van der Waals surface area contributed by atoms with Gasteiger partial charge < -0.3 is 20.4 Å². The van der Waals surface area contributed by atoms with E-state index < -0.39 is 0 Å². The van der Waals surface area contributed by atoms with Crippen LogP contribution < -0.4 is 15.5 Å². The standard InChI is InChI=1S/C16H26N4S2/c1-19-9-11-20(12-10-19)15-7-4-3-6-14(15)18-16(21)17-8-5-13-22-2/h3-4,6-7H,5,8-13H2,1-2H3,(H2,17,18,21). The fraction of sp³-hybridized carbons (Fsp3) is 0.562. The zero-order valence-electron chi connectivity index (χ0n) is 13.5. The molecular weight excluding hydrogens is 312 g/mol. The topological polar surface area (TPSA) is 30.5 Å². The van der Waals surface area contributed by atoms with Crippen LogP contribution in [0.25, 0.3) is 0 Å². The van der Waals surface area contributed by atoms with Gasteiger partial charge in [0.25, 0.3) is 0 Å². The second kappa shape index (κ2) is 9.22. The van der Waals surface area contributed by atoms with E-state index in [1.54, 1.807) is 0 Å². The van der Waals surface area contributed by atoms with E-state index in [9.17, 15) is 0 Å². The molecule has 0 radical (unpaired) electrons. The average molecular weight is 339 g/mol. The van der Waals surface area contributed by atoms with Crippen molar-refractivity contribution in [2.24, 2.45) is 0 Å². The summed E-state index contributed by atoms with van der Waals surface area (Å²) in [6.07, 6.45) is 3.26. The summed E-state index contributed by atoms with van der Waals surface area (Å²) in [4.78, 5) is 4.79. The number of thioether (sulfide) groups is 1. The van der Waals surface area contributed by atoms with Crippen molar-refractivity contribution in [3.8, 4) is 0 Å². The molecule has 0 saturated carbocycles. The van der Waals surface area contributed by atoms with Crippen LogP contribution >= 0.6 is 24.0 Å². The van der Waals surface area contributed by atoms with Crippen LogP contribution in [0, 0.1) is 0 Å². The number of likely N-dealkylation sites (N-methyl/N-ethyl adjacent to an activating group) is 1. The molecule has 2 rings (SSSR count). The second-order valence-corrected chi connectivity index (χ2v) is 6.93. The van der Waals surface area contributed by atoms with Crippen LogP contribution in [0.4, 0.5) is 11.4 Å². The second-order valence-electron chi connectivity index (χ2n) is 5.53. The molecule has 1 heterocycles. The van der Waals surface area contributed by atoms with Crippen LogP contribution in [0.15, 0.2) is 24.3 Å². The van der Waals surface area contributed by atoms with E-state index >= 15 is 0 Å². The summed E-state index contributed by atoms with van der Waals surface area (Å²) >= 11 is 7.27. The predicted molar refractivity (Wildman–Crippen MR) is 103 cm³/mol. The van der Waals surface area contributed by atoms with E-state index in [1.165, 1.54) is 5.69 Å². The fourth-order valence-corrected chi connectivity index (χ4v) is 3.13. The Morgan fingerprint density at radius 1 is 1.23 bits per heavy atom. The molecule has 0 atom stereocenters. The van der Waals surface area contributed by atoms with Gasteiger partial charge in [-0.05, 0) is 49.8 Å². The van der Waals surface area contributed by atoms with Crippen LogP contribution in [0.5, 0.6) is 0 Å². The van der Waals surface area contributed by atoms with Crippen molar-refractivity contribution in [2.45, 2.75) is 6.42 Å². The monoisotopic (exact) mass is 338 g/mol. The highest BCUT2D eigenvalue weighted by molar-refractivity contribution is 7.98. The number of piperazine rings is 1. The fourth-order valence-electron chi connectivity index (χ4n) is 2.49. The van der Waals surface area contributed by atoms with Crippen molar-refractivity contribution in [2.75, 3.05) is 62.0 Å². The number of hydrogen-bond acceptors (Lipinski definition) is 4. The van der Waals surface area contributed by atoms with Gasteiger partial charge in [-0.15, -0.1) is 0 Å². The van der Waals surface area contributed by atoms with E-state index in [0.29, 0.717) is 5.11 Å². The van der Waals surface area contributed by atoms with Crippen molar-refractivity contribution < 1.29 is 0 Å².